The van der Waals surface area contributed by atoms with Crippen molar-refractivity contribution in [2.45, 2.75) is 45.2 Å². The Morgan fingerprint density at radius 3 is 2.74 bits per heavy atom. The molecule has 0 aliphatic carbocycles. The summed E-state index contributed by atoms with van der Waals surface area (Å²) in [6.07, 6.45) is 5.04. The number of fused-ring (bicyclic) bond motifs is 1. The lowest BCUT2D eigenvalue weighted by Crippen LogP contribution is -2.47. The first-order valence-corrected chi connectivity index (χ1v) is 6.67. The fraction of sp³-hybridized carbons (Fsp3) is 0.538. The standard InChI is InChI=1S/C13H17N5O/c1-9-4-3-5-10(2)18(9)13(19)11-6-7-12-14-15-16-17(12)8-11/h6-10H,3-5H2,1-2H3/t9-,10-/m0/s1. The molecule has 0 N–H and O–H groups in total. The number of likely N-dealkylation sites (tertiary alicyclic amines) is 1. The second-order valence-corrected chi connectivity index (χ2v) is 5.24. The maximum atomic E-state index is 12.6. The highest BCUT2D eigenvalue weighted by Gasteiger charge is 2.29. The van der Waals surface area contributed by atoms with Gasteiger partial charge in [0.2, 0.25) is 0 Å². The number of carbonyl (C=O) groups excluding carboxylic acids is 1. The maximum Gasteiger partial charge on any atom is 0.255 e. The lowest BCUT2D eigenvalue weighted by Gasteiger charge is -2.39. The summed E-state index contributed by atoms with van der Waals surface area (Å²) >= 11 is 0. The molecule has 100 valence electrons. The van der Waals surface area contributed by atoms with Crippen LogP contribution < -0.4 is 0 Å². The zero-order valence-corrected chi connectivity index (χ0v) is 11.2. The van der Waals surface area contributed by atoms with Crippen LogP contribution in [0.25, 0.3) is 5.65 Å². The van der Waals surface area contributed by atoms with E-state index in [1.54, 1.807) is 18.3 Å². The molecule has 6 nitrogen and oxygen atoms in total. The van der Waals surface area contributed by atoms with Crippen molar-refractivity contribution in [2.24, 2.45) is 0 Å². The topological polar surface area (TPSA) is 63.4 Å². The summed E-state index contributed by atoms with van der Waals surface area (Å²) in [6, 6.07) is 4.15. The molecule has 0 bridgehead atoms. The van der Waals surface area contributed by atoms with Gasteiger partial charge in [0.15, 0.2) is 5.65 Å². The number of carbonyl (C=O) groups is 1. The molecule has 1 amide bonds. The van der Waals surface area contributed by atoms with Crippen LogP contribution >= 0.6 is 0 Å². The van der Waals surface area contributed by atoms with Crippen molar-refractivity contribution in [1.82, 2.24) is 24.9 Å². The van der Waals surface area contributed by atoms with Gasteiger partial charge in [0.1, 0.15) is 0 Å². The van der Waals surface area contributed by atoms with Crippen molar-refractivity contribution in [1.29, 1.82) is 0 Å². The fourth-order valence-electron chi connectivity index (χ4n) is 2.84. The molecule has 1 saturated heterocycles. The first-order chi connectivity index (χ1) is 9.16. The molecule has 2 atom stereocenters. The van der Waals surface area contributed by atoms with Crippen molar-refractivity contribution < 1.29 is 4.79 Å². The molecule has 6 heteroatoms. The number of tetrazole rings is 1. The Kier molecular flexibility index (Phi) is 2.93. The molecule has 0 unspecified atom stereocenters. The zero-order chi connectivity index (χ0) is 13.4. The molecule has 0 radical (unpaired) electrons. The van der Waals surface area contributed by atoms with Crippen LogP contribution in [0.3, 0.4) is 0 Å². The SMILES string of the molecule is C[C@H]1CCC[C@H](C)N1C(=O)c1ccc2nnnn2c1. The average molecular weight is 259 g/mol. The van der Waals surface area contributed by atoms with Crippen LogP contribution in [0.2, 0.25) is 0 Å². The molecule has 0 spiro atoms. The number of amides is 1. The second-order valence-electron chi connectivity index (χ2n) is 5.24. The minimum atomic E-state index is 0.0668. The third-order valence-electron chi connectivity index (χ3n) is 3.87. The highest BCUT2D eigenvalue weighted by atomic mass is 16.2. The Morgan fingerprint density at radius 2 is 2.00 bits per heavy atom. The summed E-state index contributed by atoms with van der Waals surface area (Å²) in [4.78, 5) is 14.6. The summed E-state index contributed by atoms with van der Waals surface area (Å²) in [5.41, 5.74) is 1.29. The summed E-state index contributed by atoms with van der Waals surface area (Å²) < 4.78 is 1.53. The van der Waals surface area contributed by atoms with Gasteiger partial charge in [-0.25, -0.2) is 0 Å². The van der Waals surface area contributed by atoms with Crippen LogP contribution in [0.4, 0.5) is 0 Å². The molecule has 3 heterocycles. The summed E-state index contributed by atoms with van der Waals surface area (Å²) in [6.45, 7) is 4.23. The average Bonchev–Trinajstić information content (AvgIpc) is 2.85. The van der Waals surface area contributed by atoms with Gasteiger partial charge in [-0.2, -0.15) is 4.52 Å². The van der Waals surface area contributed by atoms with Gasteiger partial charge in [0.25, 0.3) is 5.91 Å². The van der Waals surface area contributed by atoms with Gasteiger partial charge in [-0.05, 0) is 55.7 Å². The van der Waals surface area contributed by atoms with Gasteiger partial charge >= 0.3 is 0 Å². The van der Waals surface area contributed by atoms with Crippen molar-refractivity contribution in [2.75, 3.05) is 0 Å². The molecule has 1 aliphatic heterocycles. The number of hydrogen-bond donors (Lipinski definition) is 0. The van der Waals surface area contributed by atoms with E-state index in [2.05, 4.69) is 29.4 Å². The fourth-order valence-corrected chi connectivity index (χ4v) is 2.84. The highest BCUT2D eigenvalue weighted by Crippen LogP contribution is 2.24. The number of rotatable bonds is 1. The Labute approximate surface area is 111 Å². The van der Waals surface area contributed by atoms with E-state index in [4.69, 9.17) is 0 Å². The monoisotopic (exact) mass is 259 g/mol. The van der Waals surface area contributed by atoms with E-state index in [1.807, 2.05) is 4.90 Å². The van der Waals surface area contributed by atoms with Crippen molar-refractivity contribution >= 4 is 11.6 Å². The number of aromatic nitrogens is 4. The van der Waals surface area contributed by atoms with Crippen LogP contribution in [-0.2, 0) is 0 Å². The van der Waals surface area contributed by atoms with Crippen LogP contribution in [-0.4, -0.2) is 42.9 Å². The van der Waals surface area contributed by atoms with E-state index < -0.39 is 0 Å². The van der Waals surface area contributed by atoms with Gasteiger partial charge < -0.3 is 4.90 Å². The van der Waals surface area contributed by atoms with Gasteiger partial charge in [-0.3, -0.25) is 4.79 Å². The minimum Gasteiger partial charge on any atom is -0.333 e. The van der Waals surface area contributed by atoms with Gasteiger partial charge in [-0.15, -0.1) is 5.10 Å². The molecule has 0 aromatic carbocycles. The van der Waals surface area contributed by atoms with Gasteiger partial charge in [0.05, 0.1) is 5.56 Å². The molecule has 19 heavy (non-hydrogen) atoms. The Balaban J connectivity index is 1.93. The largest absolute Gasteiger partial charge is 0.333 e. The first kappa shape index (κ1) is 12.1. The van der Waals surface area contributed by atoms with Crippen molar-refractivity contribution in [3.05, 3.63) is 23.9 Å². The zero-order valence-electron chi connectivity index (χ0n) is 11.2. The van der Waals surface area contributed by atoms with Crippen molar-refractivity contribution in [3.8, 4) is 0 Å². The normalized spacial score (nSPS) is 23.8. The molecule has 2 aromatic rings. The molecule has 3 rings (SSSR count). The number of piperidine rings is 1. The van der Waals surface area contributed by atoms with Crippen LogP contribution in [0.1, 0.15) is 43.5 Å². The Morgan fingerprint density at radius 1 is 1.26 bits per heavy atom. The van der Waals surface area contributed by atoms with E-state index in [9.17, 15) is 4.79 Å². The Bertz CT molecular complexity index is 598. The second kappa shape index (κ2) is 4.60. The highest BCUT2D eigenvalue weighted by molar-refractivity contribution is 5.94. The quantitative estimate of drug-likeness (QED) is 0.779. The minimum absolute atomic E-state index is 0.0668. The molecule has 0 saturated carbocycles. The van der Waals surface area contributed by atoms with Crippen LogP contribution in [0.15, 0.2) is 18.3 Å². The Hall–Kier alpha value is -1.98. The predicted octanol–water partition coefficient (Wildman–Crippen LogP) is 1.53. The maximum absolute atomic E-state index is 12.6. The number of hydrogen-bond acceptors (Lipinski definition) is 4. The smallest absolute Gasteiger partial charge is 0.255 e. The third kappa shape index (κ3) is 2.07. The van der Waals surface area contributed by atoms with E-state index >= 15 is 0 Å². The molecule has 2 aromatic heterocycles. The summed E-state index contributed by atoms with van der Waals surface area (Å²) in [7, 11) is 0. The van der Waals surface area contributed by atoms with E-state index in [-0.39, 0.29) is 5.91 Å². The summed E-state index contributed by atoms with van der Waals surface area (Å²) in [5.74, 6) is 0.0668. The van der Waals surface area contributed by atoms with E-state index in [0.717, 1.165) is 12.8 Å². The van der Waals surface area contributed by atoms with E-state index in [0.29, 0.717) is 23.3 Å². The van der Waals surface area contributed by atoms with Crippen LogP contribution in [0.5, 0.6) is 0 Å². The lowest BCUT2D eigenvalue weighted by molar-refractivity contribution is 0.0510. The molecule has 1 fully saturated rings. The molecule has 1 aliphatic rings. The molecular weight excluding hydrogens is 242 g/mol. The van der Waals surface area contributed by atoms with Gasteiger partial charge in [-0.1, -0.05) is 0 Å². The van der Waals surface area contributed by atoms with Crippen molar-refractivity contribution in [3.63, 3.8) is 0 Å². The predicted molar refractivity (Wildman–Crippen MR) is 69.7 cm³/mol. The van der Waals surface area contributed by atoms with Gasteiger partial charge in [0, 0.05) is 18.3 Å². The number of pyridine rings is 1. The number of nitrogens with zero attached hydrogens (tertiary/aromatic N) is 5. The first-order valence-electron chi connectivity index (χ1n) is 6.67. The van der Waals surface area contributed by atoms with E-state index in [1.165, 1.54) is 10.9 Å². The lowest BCUT2D eigenvalue weighted by atomic mass is 9.96. The third-order valence-corrected chi connectivity index (χ3v) is 3.87. The summed E-state index contributed by atoms with van der Waals surface area (Å²) in [5, 5.41) is 11.3. The van der Waals surface area contributed by atoms with Crippen LogP contribution in [0, 0.1) is 0 Å². The molecular formula is C13H17N5O.